The molecule has 2 unspecified atom stereocenters. The van der Waals surface area contributed by atoms with Gasteiger partial charge in [0, 0.05) is 53.5 Å². The highest BCUT2D eigenvalue weighted by Gasteiger charge is 2.53. The van der Waals surface area contributed by atoms with Gasteiger partial charge in [-0.1, -0.05) is 48.2 Å². The molecule has 2 amide bonds. The van der Waals surface area contributed by atoms with Crippen molar-refractivity contribution in [1.82, 2.24) is 14.2 Å². The molecule has 1 aliphatic heterocycles. The number of rotatable bonds is 7. The zero-order valence-electron chi connectivity index (χ0n) is 20.1. The van der Waals surface area contributed by atoms with Crippen molar-refractivity contribution in [2.45, 2.75) is 18.4 Å². The van der Waals surface area contributed by atoms with Gasteiger partial charge in [0.2, 0.25) is 0 Å². The molecule has 0 aliphatic carbocycles. The number of amidine groups is 1. The maximum absolute atomic E-state index is 13.7. The van der Waals surface area contributed by atoms with Crippen LogP contribution in [0.15, 0.2) is 60.9 Å². The molecule has 2 atom stereocenters. The van der Waals surface area contributed by atoms with Crippen LogP contribution < -0.4 is 5.73 Å². The number of aryl methyl sites for hydroxylation is 2. The molecular formula is C25H25N5O5S2. The second kappa shape index (κ2) is 9.36. The van der Waals surface area contributed by atoms with E-state index >= 15 is 0 Å². The van der Waals surface area contributed by atoms with E-state index in [2.05, 4.69) is 0 Å². The lowest BCUT2D eigenvalue weighted by atomic mass is 9.83. The van der Waals surface area contributed by atoms with Crippen LogP contribution in [0.3, 0.4) is 0 Å². The minimum absolute atomic E-state index is 0.0119. The molecule has 0 radical (unpaired) electrons. The summed E-state index contributed by atoms with van der Waals surface area (Å²) in [5, 5.41) is 9.45. The number of aromatic nitrogens is 2. The number of hydrogen-bond acceptors (Lipinski definition) is 7. The molecule has 0 bridgehead atoms. The third-order valence-corrected chi connectivity index (χ3v) is 7.60. The van der Waals surface area contributed by atoms with Gasteiger partial charge in [-0.3, -0.25) is 15.0 Å². The Balaban J connectivity index is 1.69. The lowest BCUT2D eigenvalue weighted by Gasteiger charge is -2.14. The summed E-state index contributed by atoms with van der Waals surface area (Å²) >= 11 is 1.21. The summed E-state index contributed by atoms with van der Waals surface area (Å²) in [6.07, 6.45) is 4.43. The number of imide groups is 1. The molecule has 1 aliphatic rings. The van der Waals surface area contributed by atoms with Crippen molar-refractivity contribution >= 4 is 60.7 Å². The third kappa shape index (κ3) is 4.52. The van der Waals surface area contributed by atoms with Crippen molar-refractivity contribution in [3.63, 3.8) is 0 Å². The number of nitrogens with two attached hydrogens (primary N) is 1. The third-order valence-electron chi connectivity index (χ3n) is 6.48. The first-order valence-corrected chi connectivity index (χ1v) is 14.2. The Morgan fingerprint density at radius 2 is 1.51 bits per heavy atom. The summed E-state index contributed by atoms with van der Waals surface area (Å²) in [6.45, 7) is 0.516. The molecule has 10 nitrogen and oxygen atoms in total. The Bertz CT molecular complexity index is 1670. The maximum atomic E-state index is 13.7. The summed E-state index contributed by atoms with van der Waals surface area (Å²) in [4.78, 5) is 27.4. The highest BCUT2D eigenvalue weighted by molar-refractivity contribution is 8.13. The van der Waals surface area contributed by atoms with E-state index in [0.29, 0.717) is 28.5 Å². The molecule has 2 aromatic heterocycles. The van der Waals surface area contributed by atoms with Crippen LogP contribution in [0.5, 0.6) is 0 Å². The summed E-state index contributed by atoms with van der Waals surface area (Å²) < 4.78 is 32.7. The van der Waals surface area contributed by atoms with Crippen LogP contribution in [-0.4, -0.2) is 51.6 Å². The lowest BCUT2D eigenvalue weighted by molar-refractivity contribution is -0.164. The van der Waals surface area contributed by atoms with E-state index in [9.17, 15) is 18.0 Å². The predicted molar refractivity (Wildman–Crippen MR) is 142 cm³/mol. The molecule has 3 heterocycles. The van der Waals surface area contributed by atoms with Gasteiger partial charge in [-0.05, 0) is 23.3 Å². The predicted octanol–water partition coefficient (Wildman–Crippen LogP) is 2.89. The van der Waals surface area contributed by atoms with Gasteiger partial charge < -0.3 is 14.9 Å². The molecule has 3 N–H and O–H groups in total. The molecule has 5 rings (SSSR count). The molecule has 0 saturated carbocycles. The molecular weight excluding hydrogens is 514 g/mol. The monoisotopic (exact) mass is 539 g/mol. The smallest absolute Gasteiger partial charge is 0.285 e. The van der Waals surface area contributed by atoms with Gasteiger partial charge >= 0.3 is 0 Å². The van der Waals surface area contributed by atoms with Crippen molar-refractivity contribution in [1.29, 1.82) is 5.41 Å². The largest absolute Gasteiger partial charge is 0.379 e. The first kappa shape index (κ1) is 25.1. The summed E-state index contributed by atoms with van der Waals surface area (Å²) in [5.41, 5.74) is 8.43. The molecule has 4 aromatic rings. The zero-order valence-corrected chi connectivity index (χ0v) is 21.8. The number of para-hydroxylation sites is 2. The summed E-state index contributed by atoms with van der Waals surface area (Å²) in [7, 11) is -2.29. The van der Waals surface area contributed by atoms with E-state index in [4.69, 9.17) is 15.4 Å². The molecule has 1 saturated heterocycles. The van der Waals surface area contributed by atoms with E-state index in [-0.39, 0.29) is 5.17 Å². The molecule has 192 valence electrons. The summed E-state index contributed by atoms with van der Waals surface area (Å²) in [6, 6.07) is 15.0. The first-order valence-electron chi connectivity index (χ1n) is 11.4. The maximum Gasteiger partial charge on any atom is 0.285 e. The number of hydroxylamine groups is 2. The van der Waals surface area contributed by atoms with E-state index in [1.54, 1.807) is 6.20 Å². The summed E-state index contributed by atoms with van der Waals surface area (Å²) in [5.74, 6) is -2.94. The van der Waals surface area contributed by atoms with Crippen LogP contribution in [0, 0.1) is 5.41 Å². The molecule has 1 fully saturated rings. The lowest BCUT2D eigenvalue weighted by Crippen LogP contribution is -2.33. The quantitative estimate of drug-likeness (QED) is 0.209. The zero-order chi connectivity index (χ0) is 26.5. The van der Waals surface area contributed by atoms with Crippen molar-refractivity contribution in [3.05, 3.63) is 72.1 Å². The fourth-order valence-electron chi connectivity index (χ4n) is 5.06. The Labute approximate surface area is 217 Å². The number of amides is 2. The Morgan fingerprint density at radius 1 is 0.973 bits per heavy atom. The van der Waals surface area contributed by atoms with Crippen LogP contribution in [-0.2, 0) is 37.6 Å². The standard InChI is InChI=1S/C25H25N5O5S2/c1-28-13-17(15-7-3-5-9-19(15)28)21-22(24(32)30(23(21)31)35-37(2,33)34)18-14-29(11-12-36-25(26)27)20-10-6-4-8-16(18)20/h3-10,13-14,21-22H,11-12H2,1-2H3,(H3,26,27). The second-order valence-electron chi connectivity index (χ2n) is 8.93. The van der Waals surface area contributed by atoms with Crippen LogP contribution in [0.25, 0.3) is 21.8 Å². The average Bonchev–Trinajstić information content (AvgIpc) is 3.44. The van der Waals surface area contributed by atoms with Crippen LogP contribution in [0.4, 0.5) is 0 Å². The van der Waals surface area contributed by atoms with Crippen molar-refractivity contribution < 1.29 is 22.3 Å². The van der Waals surface area contributed by atoms with Crippen LogP contribution in [0.1, 0.15) is 23.0 Å². The average molecular weight is 540 g/mol. The first-order chi connectivity index (χ1) is 17.6. The van der Waals surface area contributed by atoms with E-state index in [1.807, 2.05) is 70.9 Å². The number of nitrogens with one attached hydrogen (secondary N) is 1. The van der Waals surface area contributed by atoms with Gasteiger partial charge in [0.1, 0.15) is 0 Å². The number of nitrogens with zero attached hydrogens (tertiary/aromatic N) is 3. The van der Waals surface area contributed by atoms with Crippen molar-refractivity contribution in [2.24, 2.45) is 12.8 Å². The number of benzene rings is 2. The fraction of sp³-hybridized carbons (Fsp3) is 0.240. The number of hydrogen-bond donors (Lipinski definition) is 2. The van der Waals surface area contributed by atoms with E-state index < -0.39 is 33.8 Å². The minimum atomic E-state index is -4.14. The van der Waals surface area contributed by atoms with Gasteiger partial charge in [-0.25, -0.2) is 0 Å². The number of carbonyl (C=O) groups is 2. The number of carbonyl (C=O) groups excluding carboxylic acids is 2. The Kier molecular flexibility index (Phi) is 6.34. The Hall–Kier alpha value is -3.61. The normalized spacial score (nSPS) is 18.4. The van der Waals surface area contributed by atoms with Gasteiger partial charge in [0.15, 0.2) is 5.17 Å². The Morgan fingerprint density at radius 3 is 2.11 bits per heavy atom. The molecule has 12 heteroatoms. The SMILES string of the molecule is Cn1cc(C2C(=O)N(OS(C)(=O)=O)C(=O)C2c2cn(CCSC(=N)N)c3ccccc23)c2ccccc21. The van der Waals surface area contributed by atoms with Crippen LogP contribution >= 0.6 is 11.8 Å². The number of thioether (sulfide) groups is 1. The topological polar surface area (TPSA) is 140 Å². The molecule has 37 heavy (non-hydrogen) atoms. The van der Waals surface area contributed by atoms with Gasteiger partial charge in [0.05, 0.1) is 18.1 Å². The fourth-order valence-corrected chi connectivity index (χ4v) is 5.99. The van der Waals surface area contributed by atoms with E-state index in [1.165, 1.54) is 11.8 Å². The van der Waals surface area contributed by atoms with Crippen LogP contribution in [0.2, 0.25) is 0 Å². The van der Waals surface area contributed by atoms with Gasteiger partial charge in [-0.2, -0.15) is 8.42 Å². The van der Waals surface area contributed by atoms with Crippen molar-refractivity contribution in [2.75, 3.05) is 12.0 Å². The number of fused-ring (bicyclic) bond motifs is 2. The second-order valence-corrected chi connectivity index (χ2v) is 11.6. The highest BCUT2D eigenvalue weighted by Crippen LogP contribution is 2.46. The highest BCUT2D eigenvalue weighted by atomic mass is 32.2. The van der Waals surface area contributed by atoms with Crippen molar-refractivity contribution in [3.8, 4) is 0 Å². The molecule has 0 spiro atoms. The van der Waals surface area contributed by atoms with E-state index in [0.717, 1.165) is 28.1 Å². The van der Waals surface area contributed by atoms with Gasteiger partial charge in [-0.15, -0.1) is 9.35 Å². The minimum Gasteiger partial charge on any atom is -0.379 e. The molecule has 2 aromatic carbocycles. The van der Waals surface area contributed by atoms with Gasteiger partial charge in [0.25, 0.3) is 21.9 Å².